The fourth-order valence-corrected chi connectivity index (χ4v) is 6.51. The molecule has 0 spiro atoms. The number of phenolic OH excluding ortho intramolecular Hbond substituents is 2. The summed E-state index contributed by atoms with van der Waals surface area (Å²) >= 11 is 0. The topological polar surface area (TPSA) is 214 Å². The monoisotopic (exact) mass is 778 g/mol. The molecule has 0 saturated heterocycles. The van der Waals surface area contributed by atoms with Crippen molar-refractivity contribution >= 4 is 29.6 Å². The number of benzene rings is 2. The predicted molar refractivity (Wildman–Crippen MR) is 205 cm³/mol. The van der Waals surface area contributed by atoms with E-state index in [1.54, 1.807) is 31.2 Å². The molecule has 0 saturated carbocycles. The lowest BCUT2D eigenvalue weighted by atomic mass is 9.84. The number of esters is 1. The van der Waals surface area contributed by atoms with E-state index in [2.05, 4.69) is 10.6 Å². The van der Waals surface area contributed by atoms with Gasteiger partial charge < -0.3 is 39.8 Å². The Labute approximate surface area is 324 Å². The molecular formula is C40H50N4O12. The molecule has 2 aromatic carbocycles. The largest absolute Gasteiger partial charge is 0.507 e. The maximum Gasteiger partial charge on any atom is 0.342 e. The molecular weight excluding hydrogens is 728 g/mol. The van der Waals surface area contributed by atoms with E-state index in [-0.39, 0.29) is 65.7 Å². The number of methoxy groups -OCH3 is 3. The first-order chi connectivity index (χ1) is 26.7. The minimum atomic E-state index is -1.11. The summed E-state index contributed by atoms with van der Waals surface area (Å²) in [5.41, 5.74) is -0.583. The molecule has 1 unspecified atom stereocenters. The Kier molecular flexibility index (Phi) is 14.9. The third-order valence-electron chi connectivity index (χ3n) is 9.64. The van der Waals surface area contributed by atoms with E-state index in [9.17, 15) is 39.0 Å². The zero-order chi connectivity index (χ0) is 41.1. The molecule has 56 heavy (non-hydrogen) atoms. The maximum atomic E-state index is 13.7. The van der Waals surface area contributed by atoms with Gasteiger partial charge in [0.2, 0.25) is 17.6 Å². The number of nitrogens with zero attached hydrogens (tertiary/aromatic N) is 2. The fourth-order valence-electron chi connectivity index (χ4n) is 6.51. The van der Waals surface area contributed by atoms with Crippen LogP contribution in [0.15, 0.2) is 39.9 Å². The molecule has 0 bridgehead atoms. The quantitative estimate of drug-likeness (QED) is 0.195. The molecule has 4 rings (SSSR count). The molecule has 16 nitrogen and oxygen atoms in total. The number of ether oxygens (including phenoxy) is 4. The molecule has 16 heteroatoms. The zero-order valence-electron chi connectivity index (χ0n) is 32.6. The van der Waals surface area contributed by atoms with Gasteiger partial charge in [-0.05, 0) is 61.9 Å². The lowest BCUT2D eigenvalue weighted by Gasteiger charge is -2.24. The summed E-state index contributed by atoms with van der Waals surface area (Å²) in [4.78, 5) is 76.6. The van der Waals surface area contributed by atoms with E-state index in [1.165, 1.54) is 52.1 Å². The van der Waals surface area contributed by atoms with Crippen LogP contribution < -0.4 is 36.1 Å². The van der Waals surface area contributed by atoms with Crippen LogP contribution in [0, 0.1) is 0 Å². The lowest BCUT2D eigenvalue weighted by molar-refractivity contribution is -0.123. The average Bonchev–Trinajstić information content (AvgIpc) is 3.16. The van der Waals surface area contributed by atoms with Gasteiger partial charge in [-0.3, -0.25) is 28.3 Å². The van der Waals surface area contributed by atoms with Gasteiger partial charge in [0.25, 0.3) is 5.56 Å². The molecule has 4 N–H and O–H groups in total. The van der Waals surface area contributed by atoms with Crippen molar-refractivity contribution in [3.8, 4) is 28.7 Å². The number of phenols is 2. The molecule has 1 aromatic heterocycles. The molecule has 1 aliphatic heterocycles. The van der Waals surface area contributed by atoms with Crippen molar-refractivity contribution in [1.29, 1.82) is 0 Å². The number of hydrogen-bond acceptors (Lipinski definition) is 12. The van der Waals surface area contributed by atoms with Crippen molar-refractivity contribution < 1.29 is 48.3 Å². The number of ketones is 1. The van der Waals surface area contributed by atoms with Gasteiger partial charge in [-0.25, -0.2) is 9.59 Å². The molecule has 302 valence electrons. The van der Waals surface area contributed by atoms with Crippen LogP contribution in [0.2, 0.25) is 0 Å². The average molecular weight is 779 g/mol. The van der Waals surface area contributed by atoms with Gasteiger partial charge in [-0.15, -0.1) is 0 Å². The van der Waals surface area contributed by atoms with Crippen LogP contribution in [-0.2, 0) is 39.8 Å². The first-order valence-electron chi connectivity index (χ1n) is 18.3. The van der Waals surface area contributed by atoms with Crippen LogP contribution in [0.25, 0.3) is 6.08 Å². The second-order valence-corrected chi connectivity index (χ2v) is 13.5. The van der Waals surface area contributed by atoms with E-state index < -0.39 is 52.6 Å². The minimum Gasteiger partial charge on any atom is -0.507 e. The Balaban J connectivity index is 1.68. The number of cyclic esters (lactones) is 1. The Hall–Kier alpha value is -6.06. The number of hydrogen-bond donors (Lipinski definition) is 4. The molecule has 0 fully saturated rings. The molecule has 0 radical (unpaired) electrons. The second kappa shape index (κ2) is 19.5. The summed E-state index contributed by atoms with van der Waals surface area (Å²) in [5, 5.41) is 28.8. The van der Waals surface area contributed by atoms with Crippen LogP contribution in [0.4, 0.5) is 0 Å². The molecule has 2 amide bonds. The summed E-state index contributed by atoms with van der Waals surface area (Å²) in [6, 6.07) is 5.68. The van der Waals surface area contributed by atoms with Crippen LogP contribution in [0.5, 0.6) is 28.7 Å². The van der Waals surface area contributed by atoms with Gasteiger partial charge in [0.15, 0.2) is 11.5 Å². The summed E-state index contributed by atoms with van der Waals surface area (Å²) in [6.07, 6.45) is 5.02. The van der Waals surface area contributed by atoms with E-state index >= 15 is 0 Å². The van der Waals surface area contributed by atoms with Gasteiger partial charge >= 0.3 is 11.7 Å². The van der Waals surface area contributed by atoms with Crippen LogP contribution in [0.3, 0.4) is 0 Å². The third-order valence-corrected chi connectivity index (χ3v) is 9.64. The van der Waals surface area contributed by atoms with Crippen molar-refractivity contribution in [3.63, 3.8) is 0 Å². The fraction of sp³-hybridized carbons (Fsp3) is 0.450. The van der Waals surface area contributed by atoms with Gasteiger partial charge in [0, 0.05) is 69.6 Å². The van der Waals surface area contributed by atoms with Gasteiger partial charge in [-0.2, -0.15) is 0 Å². The van der Waals surface area contributed by atoms with Gasteiger partial charge in [0.1, 0.15) is 22.8 Å². The lowest BCUT2D eigenvalue weighted by Crippen LogP contribution is -2.39. The third kappa shape index (κ3) is 10.4. The summed E-state index contributed by atoms with van der Waals surface area (Å²) in [5.74, 6) is -3.18. The Morgan fingerprint density at radius 3 is 2.25 bits per heavy atom. The number of fused-ring (bicyclic) bond motifs is 1. The number of carbonyl (C=O) groups is 4. The normalized spacial score (nSPS) is 16.1. The highest BCUT2D eigenvalue weighted by molar-refractivity contribution is 5.98. The smallest absolute Gasteiger partial charge is 0.342 e. The van der Waals surface area contributed by atoms with Crippen LogP contribution in [-0.4, -0.2) is 76.9 Å². The first-order valence-corrected chi connectivity index (χ1v) is 18.3. The van der Waals surface area contributed by atoms with E-state index in [1.807, 2.05) is 0 Å². The van der Waals surface area contributed by atoms with Gasteiger partial charge in [-0.1, -0.05) is 12.2 Å². The number of aromatic nitrogens is 2. The predicted octanol–water partition coefficient (Wildman–Crippen LogP) is 3.35. The number of amides is 2. The Morgan fingerprint density at radius 1 is 0.911 bits per heavy atom. The number of Topliss-reactive ketones (excluding diaryl/α,β-unsaturated/α-hetero) is 1. The Morgan fingerprint density at radius 2 is 1.59 bits per heavy atom. The van der Waals surface area contributed by atoms with Crippen molar-refractivity contribution in [2.24, 2.45) is 14.1 Å². The van der Waals surface area contributed by atoms with E-state index in [4.69, 9.17) is 18.9 Å². The van der Waals surface area contributed by atoms with Crippen molar-refractivity contribution in [3.05, 3.63) is 79.1 Å². The molecule has 2 heterocycles. The zero-order valence-corrected chi connectivity index (χ0v) is 32.6. The van der Waals surface area contributed by atoms with Crippen LogP contribution in [0.1, 0.15) is 97.0 Å². The van der Waals surface area contributed by atoms with Crippen molar-refractivity contribution in [2.75, 3.05) is 27.9 Å². The first kappa shape index (κ1) is 42.7. The summed E-state index contributed by atoms with van der Waals surface area (Å²) < 4.78 is 24.5. The molecule has 0 aliphatic carbocycles. The second-order valence-electron chi connectivity index (χ2n) is 13.5. The van der Waals surface area contributed by atoms with Crippen LogP contribution >= 0.6 is 0 Å². The number of aromatic hydroxyl groups is 2. The Bertz CT molecular complexity index is 2080. The minimum absolute atomic E-state index is 0.0925. The number of nitrogens with one attached hydrogen (secondary N) is 2. The molecule has 3 aromatic rings. The van der Waals surface area contributed by atoms with E-state index in [0.717, 1.165) is 4.57 Å². The number of allylic oxidation sites excluding steroid dienone is 1. The highest BCUT2D eigenvalue weighted by atomic mass is 16.5. The highest BCUT2D eigenvalue weighted by Crippen LogP contribution is 2.47. The molecule has 1 aliphatic rings. The number of carbonyl (C=O) groups excluding carboxylic acids is 4. The maximum absolute atomic E-state index is 13.7. The summed E-state index contributed by atoms with van der Waals surface area (Å²) in [7, 11) is 7.07. The SMILES string of the molecule is COc1cc(C(CC(=O)NCCC(=O)NCc2cc(=O)n(C)c(=O)n2C)c2c(O)cc3c(c2O)C(=O)O[C@@H](C)CCCC(=O)CCC/C=C/3)cc(OC)c1OC. The molecule has 2 atom stereocenters. The van der Waals surface area contributed by atoms with Gasteiger partial charge in [0.05, 0.1) is 34.0 Å². The summed E-state index contributed by atoms with van der Waals surface area (Å²) in [6.45, 7) is 1.49. The number of rotatable bonds is 12. The standard InChI is InChI=1S/C40H50N4O12/c1-23-11-10-14-27(45)13-9-7-8-12-24-17-29(46)36(37(50)35(24)39(51)56-23)28(25-18-30(53-4)38(55-6)31(19-25)54-5)21-33(48)41-16-15-32(47)42-22-26-20-34(49)44(3)40(52)43(26)2/h8,12,17-20,23,28,46,50H,7,9-11,13-16,21-22H2,1-6H3,(H,41,48)(H,42,47)/b12-8+/t23-,28?/m0/s1. The highest BCUT2D eigenvalue weighted by Gasteiger charge is 2.32. The van der Waals surface area contributed by atoms with Crippen molar-refractivity contribution in [1.82, 2.24) is 19.8 Å². The van der Waals surface area contributed by atoms with Crippen molar-refractivity contribution in [2.45, 2.75) is 76.9 Å². The van der Waals surface area contributed by atoms with E-state index in [0.29, 0.717) is 49.8 Å².